The highest BCUT2D eigenvalue weighted by Gasteiger charge is 2.42. The Morgan fingerprint density at radius 3 is 3.04 bits per heavy atom. The molecule has 138 valence electrons. The van der Waals surface area contributed by atoms with Crippen molar-refractivity contribution in [3.63, 3.8) is 0 Å². The lowest BCUT2D eigenvalue weighted by Gasteiger charge is -2.22. The number of hydrogen-bond donors (Lipinski definition) is 1. The molecule has 5 rings (SSSR count). The number of carbonyl (C=O) groups is 1. The predicted molar refractivity (Wildman–Crippen MR) is 95.5 cm³/mol. The van der Waals surface area contributed by atoms with Crippen molar-refractivity contribution in [3.05, 3.63) is 57.9 Å². The minimum absolute atomic E-state index is 0.0312. The van der Waals surface area contributed by atoms with Gasteiger partial charge in [-0.15, -0.1) is 0 Å². The lowest BCUT2D eigenvalue weighted by atomic mass is 9.93. The van der Waals surface area contributed by atoms with Crippen LogP contribution in [0.5, 0.6) is 5.75 Å². The van der Waals surface area contributed by atoms with Gasteiger partial charge in [0, 0.05) is 9.68 Å². The first-order chi connectivity index (χ1) is 14.2. The Kier molecular flexibility index (Phi) is 2.83. The number of benzene rings is 2. The summed E-state index contributed by atoms with van der Waals surface area (Å²) < 4.78 is 56.6. The third-order valence-electron chi connectivity index (χ3n) is 5.07. The van der Waals surface area contributed by atoms with Gasteiger partial charge < -0.3 is 14.6 Å². The molecule has 0 fully saturated rings. The van der Waals surface area contributed by atoms with Gasteiger partial charge in [0.25, 0.3) is 5.91 Å². The summed E-state index contributed by atoms with van der Waals surface area (Å²) in [6, 6.07) is 7.43. The fourth-order valence-corrected chi connectivity index (χ4v) is 4.31. The van der Waals surface area contributed by atoms with E-state index >= 15 is 0 Å². The molecule has 2 aliphatic rings. The predicted octanol–water partition coefficient (Wildman–Crippen LogP) is 4.38. The number of ether oxygens (including phenoxy) is 1. The molecule has 3 aromatic rings. The fourth-order valence-electron chi connectivity index (χ4n) is 4.06. The maximum absolute atomic E-state index is 13.1. The van der Waals surface area contributed by atoms with E-state index in [9.17, 15) is 13.6 Å². The van der Waals surface area contributed by atoms with E-state index in [4.69, 9.17) is 15.7 Å². The minimum atomic E-state index is -3.28. The minimum Gasteiger partial charge on any atom is -0.433 e. The highest BCUT2D eigenvalue weighted by Crippen LogP contribution is 2.48. The second-order valence-corrected chi connectivity index (χ2v) is 6.92. The van der Waals surface area contributed by atoms with Gasteiger partial charge in [-0.3, -0.25) is 4.79 Å². The highest BCUT2D eigenvalue weighted by atomic mass is 35.5. The molecule has 2 bridgehead atoms. The molecule has 8 heteroatoms. The molecule has 0 radical (unpaired) electrons. The Balaban J connectivity index is 1.87. The lowest BCUT2D eigenvalue weighted by molar-refractivity contribution is -0.0503. The molecule has 0 saturated heterocycles. The number of fused-ring (bicyclic) bond motifs is 9. The van der Waals surface area contributed by atoms with Crippen molar-refractivity contribution >= 4 is 28.5 Å². The molecule has 0 saturated carbocycles. The van der Waals surface area contributed by atoms with E-state index < -0.39 is 42.8 Å². The number of amides is 1. The number of hydrogen-bond acceptors (Lipinski definition) is 3. The van der Waals surface area contributed by atoms with Gasteiger partial charge in [0.15, 0.2) is 0 Å². The van der Waals surface area contributed by atoms with Crippen molar-refractivity contribution < 1.29 is 22.4 Å². The Morgan fingerprint density at radius 1 is 1.44 bits per heavy atom. The van der Waals surface area contributed by atoms with Gasteiger partial charge in [0.2, 0.25) is 0 Å². The van der Waals surface area contributed by atoms with Gasteiger partial charge >= 0.3 is 6.61 Å². The lowest BCUT2D eigenvalue weighted by Crippen LogP contribution is -2.28. The first kappa shape index (κ1) is 13.5. The zero-order valence-corrected chi connectivity index (χ0v) is 14.4. The molecule has 3 heterocycles. The molecule has 0 unspecified atom stereocenters. The van der Waals surface area contributed by atoms with Crippen LogP contribution in [0.3, 0.4) is 0 Å². The monoisotopic (exact) mass is 392 g/mol. The number of rotatable bonds is 2. The van der Waals surface area contributed by atoms with Gasteiger partial charge in [0.1, 0.15) is 11.6 Å². The molecular formula is C19H14ClF2N3O2. The molecule has 1 aromatic heterocycles. The second-order valence-electron chi connectivity index (χ2n) is 6.51. The number of aromatic nitrogens is 2. The average Bonchev–Trinajstić information content (AvgIpc) is 3.15. The van der Waals surface area contributed by atoms with E-state index in [1.54, 1.807) is 0 Å². The number of nitrogens with one attached hydrogen (secondary N) is 1. The van der Waals surface area contributed by atoms with Crippen LogP contribution < -0.4 is 10.1 Å². The van der Waals surface area contributed by atoms with Crippen LogP contribution in [0.2, 0.25) is 5.02 Å². The molecule has 0 aliphatic carbocycles. The summed E-state index contributed by atoms with van der Waals surface area (Å²) in [6.07, 6.45) is 0.338. The second kappa shape index (κ2) is 5.66. The largest absolute Gasteiger partial charge is 0.433 e. The van der Waals surface area contributed by atoms with Crippen LogP contribution in [0, 0.1) is 6.85 Å². The van der Waals surface area contributed by atoms with Crippen molar-refractivity contribution in [2.45, 2.75) is 32.0 Å². The Bertz CT molecular complexity index is 1210. The molecule has 0 spiro atoms. The first-order valence-electron chi connectivity index (χ1n) is 9.76. The van der Waals surface area contributed by atoms with E-state index in [1.165, 1.54) is 6.07 Å². The highest BCUT2D eigenvalue weighted by molar-refractivity contribution is 6.32. The molecule has 2 aromatic carbocycles. The van der Waals surface area contributed by atoms with Gasteiger partial charge in [0.05, 0.1) is 28.1 Å². The number of para-hydroxylation sites is 2. The maximum atomic E-state index is 13.1. The SMILES string of the molecule is [2H]C([2H])([2H])c1c(OC(F)F)c(Cl)cc2c1[C@H]1C[C@@H](NC2=O)c2nc3ccccc3n21. The van der Waals surface area contributed by atoms with Crippen molar-refractivity contribution in [1.82, 2.24) is 14.9 Å². The summed E-state index contributed by atoms with van der Waals surface area (Å²) in [5, 5.41) is 2.50. The summed E-state index contributed by atoms with van der Waals surface area (Å²) in [6.45, 7) is -6.12. The quantitative estimate of drug-likeness (QED) is 0.704. The zero-order valence-electron chi connectivity index (χ0n) is 16.7. The molecule has 1 N–H and O–H groups in total. The molecule has 1 amide bonds. The summed E-state index contributed by atoms with van der Waals surface area (Å²) in [5.41, 5.74) is 1.11. The summed E-state index contributed by atoms with van der Waals surface area (Å²) >= 11 is 6.10. The van der Waals surface area contributed by atoms with Gasteiger partial charge in [-0.1, -0.05) is 23.7 Å². The molecule has 27 heavy (non-hydrogen) atoms. The number of alkyl halides is 2. The number of halogens is 3. The van der Waals surface area contributed by atoms with Crippen LogP contribution in [0.1, 0.15) is 49.9 Å². The maximum Gasteiger partial charge on any atom is 0.387 e. The normalized spacial score (nSPS) is 22.5. The van der Waals surface area contributed by atoms with Crippen LogP contribution in [0.25, 0.3) is 11.0 Å². The van der Waals surface area contributed by atoms with Crippen LogP contribution in [0.4, 0.5) is 8.78 Å². The third-order valence-corrected chi connectivity index (χ3v) is 5.35. The van der Waals surface area contributed by atoms with Crippen LogP contribution in [-0.2, 0) is 0 Å². The van der Waals surface area contributed by atoms with Gasteiger partial charge in [-0.25, -0.2) is 4.98 Å². The van der Waals surface area contributed by atoms with E-state index in [0.29, 0.717) is 17.8 Å². The van der Waals surface area contributed by atoms with E-state index in [0.717, 1.165) is 5.52 Å². The average molecular weight is 393 g/mol. The Hall–Kier alpha value is -2.67. The summed E-state index contributed by atoms with van der Waals surface area (Å²) in [5.74, 6) is -0.579. The van der Waals surface area contributed by atoms with Crippen molar-refractivity contribution in [1.29, 1.82) is 0 Å². The van der Waals surface area contributed by atoms with Gasteiger partial charge in [-0.05, 0) is 42.6 Å². The summed E-state index contributed by atoms with van der Waals surface area (Å²) in [4.78, 5) is 17.5. The van der Waals surface area contributed by atoms with E-state index in [-0.39, 0.29) is 16.1 Å². The summed E-state index contributed by atoms with van der Waals surface area (Å²) in [7, 11) is 0. The van der Waals surface area contributed by atoms with E-state index in [2.05, 4.69) is 15.0 Å². The van der Waals surface area contributed by atoms with Crippen molar-refractivity contribution in [2.24, 2.45) is 0 Å². The number of imidazole rings is 1. The number of nitrogens with zero attached hydrogens (tertiary/aromatic N) is 2. The van der Waals surface area contributed by atoms with E-state index in [1.807, 2.05) is 28.8 Å². The molecular weight excluding hydrogens is 376 g/mol. The van der Waals surface area contributed by atoms with Crippen LogP contribution >= 0.6 is 11.6 Å². The zero-order chi connectivity index (χ0) is 21.4. The Labute approximate surface area is 162 Å². The topological polar surface area (TPSA) is 56.1 Å². The molecule has 5 nitrogen and oxygen atoms in total. The molecule has 2 atom stereocenters. The Morgan fingerprint density at radius 2 is 2.26 bits per heavy atom. The standard InChI is InChI=1S/C19H14ClF2N3O2/c1-8-15-9(6-10(20)16(8)27-19(21)22)18(26)24-12-7-14(15)25-13-5-3-2-4-11(13)23-17(12)25/h2-6,12,14,19H,7H2,1H3,(H,24,26)/t12-,14-/m1/s1/i1D3. The number of carbonyl (C=O) groups excluding carboxylic acids is 1. The first-order valence-corrected chi connectivity index (χ1v) is 8.64. The van der Waals surface area contributed by atoms with Gasteiger partial charge in [-0.2, -0.15) is 8.78 Å². The van der Waals surface area contributed by atoms with Crippen LogP contribution in [0.15, 0.2) is 30.3 Å². The van der Waals surface area contributed by atoms with Crippen molar-refractivity contribution in [2.75, 3.05) is 0 Å². The fraction of sp³-hybridized carbons (Fsp3) is 0.263. The third kappa shape index (κ3) is 2.27. The van der Waals surface area contributed by atoms with Crippen LogP contribution in [-0.4, -0.2) is 22.1 Å². The van der Waals surface area contributed by atoms with Crippen molar-refractivity contribution in [3.8, 4) is 5.75 Å². The molecule has 2 aliphatic heterocycles. The smallest absolute Gasteiger partial charge is 0.387 e.